The average Bonchev–Trinajstić information content (AvgIpc) is 3.14. The van der Waals surface area contributed by atoms with Crippen LogP contribution in [0.1, 0.15) is 21.5 Å². The molecule has 0 unspecified atom stereocenters. The molecule has 3 aromatic rings. The first-order valence-corrected chi connectivity index (χ1v) is 7.92. The molecule has 4 nitrogen and oxygen atoms in total. The lowest BCUT2D eigenvalue weighted by Gasteiger charge is -2.09. The number of carbonyl (C=O) groups is 1. The smallest absolute Gasteiger partial charge is 0.251 e. The van der Waals surface area contributed by atoms with Crippen LogP contribution in [-0.2, 0) is 6.54 Å². The fraction of sp³-hybridized carbons (Fsp3) is 0.0556. The van der Waals surface area contributed by atoms with E-state index < -0.39 is 0 Å². The SMILES string of the molecule is N#Cc1ccc(C(=O)NCc2cccnc2-c2cccs2)cc1. The van der Waals surface area contributed by atoms with E-state index in [1.165, 1.54) is 0 Å². The number of aromatic nitrogens is 1. The van der Waals surface area contributed by atoms with Gasteiger partial charge in [0.25, 0.3) is 5.91 Å². The monoisotopic (exact) mass is 319 g/mol. The molecule has 0 spiro atoms. The molecule has 1 amide bonds. The lowest BCUT2D eigenvalue weighted by atomic mass is 10.1. The zero-order valence-electron chi connectivity index (χ0n) is 12.2. The number of nitrogens with one attached hydrogen (secondary N) is 1. The average molecular weight is 319 g/mol. The number of nitrogens with zero attached hydrogens (tertiary/aromatic N) is 2. The van der Waals surface area contributed by atoms with Crippen LogP contribution in [0.15, 0.2) is 60.1 Å². The molecule has 0 saturated carbocycles. The number of pyridine rings is 1. The fourth-order valence-corrected chi connectivity index (χ4v) is 2.95. The molecule has 1 N–H and O–H groups in total. The molecule has 0 radical (unpaired) electrons. The molecular weight excluding hydrogens is 306 g/mol. The van der Waals surface area contributed by atoms with Gasteiger partial charge in [0.2, 0.25) is 0 Å². The van der Waals surface area contributed by atoms with Crippen LogP contribution >= 0.6 is 11.3 Å². The van der Waals surface area contributed by atoms with Crippen molar-refractivity contribution in [3.8, 4) is 16.6 Å². The van der Waals surface area contributed by atoms with Gasteiger partial charge in [-0.25, -0.2) is 0 Å². The number of benzene rings is 1. The number of carbonyl (C=O) groups excluding carboxylic acids is 1. The molecule has 2 aromatic heterocycles. The Labute approximate surface area is 138 Å². The van der Waals surface area contributed by atoms with Crippen LogP contribution < -0.4 is 5.32 Å². The van der Waals surface area contributed by atoms with Crippen LogP contribution in [0.5, 0.6) is 0 Å². The van der Waals surface area contributed by atoms with Crippen molar-refractivity contribution in [1.82, 2.24) is 10.3 Å². The van der Waals surface area contributed by atoms with E-state index in [1.807, 2.05) is 35.7 Å². The zero-order chi connectivity index (χ0) is 16.1. The molecule has 112 valence electrons. The molecule has 5 heteroatoms. The minimum Gasteiger partial charge on any atom is -0.348 e. The van der Waals surface area contributed by atoms with Gasteiger partial charge in [-0.3, -0.25) is 9.78 Å². The van der Waals surface area contributed by atoms with Gasteiger partial charge in [-0.15, -0.1) is 11.3 Å². The van der Waals surface area contributed by atoms with Gasteiger partial charge in [0.1, 0.15) is 0 Å². The minimum atomic E-state index is -0.171. The predicted octanol–water partition coefficient (Wildman–Crippen LogP) is 3.61. The summed E-state index contributed by atoms with van der Waals surface area (Å²) in [5.74, 6) is -0.171. The second kappa shape index (κ2) is 6.86. The highest BCUT2D eigenvalue weighted by molar-refractivity contribution is 7.13. The fourth-order valence-electron chi connectivity index (χ4n) is 2.19. The highest BCUT2D eigenvalue weighted by atomic mass is 32.1. The molecular formula is C18H13N3OS. The van der Waals surface area contributed by atoms with Crippen molar-refractivity contribution in [3.63, 3.8) is 0 Å². The summed E-state index contributed by atoms with van der Waals surface area (Å²) in [6.45, 7) is 0.403. The van der Waals surface area contributed by atoms with E-state index in [0.29, 0.717) is 17.7 Å². The van der Waals surface area contributed by atoms with E-state index in [0.717, 1.165) is 16.1 Å². The third kappa shape index (κ3) is 3.44. The molecule has 23 heavy (non-hydrogen) atoms. The third-order valence-corrected chi connectivity index (χ3v) is 4.24. The summed E-state index contributed by atoms with van der Waals surface area (Å²) in [5.41, 5.74) is 2.93. The standard InChI is InChI=1S/C18H13N3OS/c19-11-13-5-7-14(8-6-13)18(22)21-12-15-3-1-9-20-17(15)16-4-2-10-23-16/h1-10H,12H2,(H,21,22). The summed E-state index contributed by atoms with van der Waals surface area (Å²) in [6.07, 6.45) is 1.75. The minimum absolute atomic E-state index is 0.171. The third-order valence-electron chi connectivity index (χ3n) is 3.36. The summed E-state index contributed by atoms with van der Waals surface area (Å²) in [6, 6.07) is 16.4. The van der Waals surface area contributed by atoms with Crippen molar-refractivity contribution < 1.29 is 4.79 Å². The van der Waals surface area contributed by atoms with E-state index in [2.05, 4.69) is 10.3 Å². The van der Waals surface area contributed by atoms with Crippen molar-refractivity contribution in [2.24, 2.45) is 0 Å². The van der Waals surface area contributed by atoms with Gasteiger partial charge in [-0.1, -0.05) is 12.1 Å². The molecule has 0 aliphatic rings. The van der Waals surface area contributed by atoms with Crippen molar-refractivity contribution in [2.45, 2.75) is 6.54 Å². The van der Waals surface area contributed by atoms with Crippen LogP contribution in [0.25, 0.3) is 10.6 Å². The first kappa shape index (κ1) is 14.9. The normalized spacial score (nSPS) is 10.0. The van der Waals surface area contributed by atoms with Crippen molar-refractivity contribution >= 4 is 17.2 Å². The van der Waals surface area contributed by atoms with Crippen LogP contribution in [0, 0.1) is 11.3 Å². The summed E-state index contributed by atoms with van der Waals surface area (Å²) in [7, 11) is 0. The lowest BCUT2D eigenvalue weighted by Crippen LogP contribution is -2.23. The Balaban J connectivity index is 1.73. The Bertz CT molecular complexity index is 849. The number of rotatable bonds is 4. The van der Waals surface area contributed by atoms with Crippen molar-refractivity contribution in [3.05, 3.63) is 76.8 Å². The van der Waals surface area contributed by atoms with Crippen LogP contribution in [-0.4, -0.2) is 10.9 Å². The second-order valence-corrected chi connectivity index (χ2v) is 5.81. The molecule has 0 saturated heterocycles. The molecule has 0 aliphatic heterocycles. The summed E-state index contributed by atoms with van der Waals surface area (Å²) in [5, 5.41) is 13.7. The second-order valence-electron chi connectivity index (χ2n) is 4.86. The number of hydrogen-bond acceptors (Lipinski definition) is 4. The maximum Gasteiger partial charge on any atom is 0.251 e. The summed E-state index contributed by atoms with van der Waals surface area (Å²) < 4.78 is 0. The lowest BCUT2D eigenvalue weighted by molar-refractivity contribution is 0.0951. The van der Waals surface area contributed by atoms with E-state index in [4.69, 9.17) is 5.26 Å². The molecule has 0 bridgehead atoms. The first-order valence-electron chi connectivity index (χ1n) is 7.04. The van der Waals surface area contributed by atoms with E-state index in [1.54, 1.807) is 41.8 Å². The molecule has 0 atom stereocenters. The Hall–Kier alpha value is -2.97. The van der Waals surface area contributed by atoms with Crippen LogP contribution in [0.4, 0.5) is 0 Å². The summed E-state index contributed by atoms with van der Waals surface area (Å²) in [4.78, 5) is 17.7. The van der Waals surface area contributed by atoms with Gasteiger partial charge in [-0.05, 0) is 47.3 Å². The van der Waals surface area contributed by atoms with Gasteiger partial charge in [0.05, 0.1) is 22.2 Å². The maximum absolute atomic E-state index is 12.2. The number of hydrogen-bond donors (Lipinski definition) is 1. The molecule has 2 heterocycles. The Morgan fingerprint density at radius 3 is 2.70 bits per heavy atom. The topological polar surface area (TPSA) is 65.8 Å². The van der Waals surface area contributed by atoms with Crippen LogP contribution in [0.3, 0.4) is 0 Å². The number of thiophene rings is 1. The van der Waals surface area contributed by atoms with E-state index >= 15 is 0 Å². The van der Waals surface area contributed by atoms with Crippen LogP contribution in [0.2, 0.25) is 0 Å². The van der Waals surface area contributed by atoms with E-state index in [9.17, 15) is 4.79 Å². The largest absolute Gasteiger partial charge is 0.348 e. The van der Waals surface area contributed by atoms with Gasteiger partial charge >= 0.3 is 0 Å². The van der Waals surface area contributed by atoms with Gasteiger partial charge in [0.15, 0.2) is 0 Å². The Morgan fingerprint density at radius 1 is 1.17 bits per heavy atom. The van der Waals surface area contributed by atoms with Gasteiger partial charge in [-0.2, -0.15) is 5.26 Å². The van der Waals surface area contributed by atoms with Crippen molar-refractivity contribution in [2.75, 3.05) is 0 Å². The number of nitriles is 1. The number of amides is 1. The maximum atomic E-state index is 12.2. The first-order chi connectivity index (χ1) is 11.3. The van der Waals surface area contributed by atoms with Gasteiger partial charge < -0.3 is 5.32 Å². The zero-order valence-corrected chi connectivity index (χ0v) is 13.0. The van der Waals surface area contributed by atoms with Crippen molar-refractivity contribution in [1.29, 1.82) is 5.26 Å². The highest BCUT2D eigenvalue weighted by Gasteiger charge is 2.10. The quantitative estimate of drug-likeness (QED) is 0.799. The molecule has 0 fully saturated rings. The summed E-state index contributed by atoms with van der Waals surface area (Å²) >= 11 is 1.62. The molecule has 1 aromatic carbocycles. The Morgan fingerprint density at radius 2 is 2.00 bits per heavy atom. The Kier molecular flexibility index (Phi) is 4.46. The van der Waals surface area contributed by atoms with Gasteiger partial charge in [0, 0.05) is 18.3 Å². The molecule has 0 aliphatic carbocycles. The highest BCUT2D eigenvalue weighted by Crippen LogP contribution is 2.25. The molecule has 3 rings (SSSR count). The van der Waals surface area contributed by atoms with E-state index in [-0.39, 0.29) is 5.91 Å². The predicted molar refractivity (Wildman–Crippen MR) is 89.9 cm³/mol.